The maximum atomic E-state index is 13.7. The maximum Gasteiger partial charge on any atom is 0.251 e. The Morgan fingerprint density at radius 1 is 0.978 bits per heavy atom. The maximum absolute atomic E-state index is 13.7. The number of aliphatic hydroxyl groups is 1. The van der Waals surface area contributed by atoms with E-state index in [2.05, 4.69) is 10.6 Å². The molecule has 9 nitrogen and oxygen atoms in total. The van der Waals surface area contributed by atoms with Crippen LogP contribution in [0.1, 0.15) is 39.4 Å². The predicted molar refractivity (Wildman–Crippen MR) is 182 cm³/mol. The first-order valence-corrected chi connectivity index (χ1v) is 16.7. The monoisotopic (exact) mass is 630 g/mol. The van der Waals surface area contributed by atoms with E-state index in [0.717, 1.165) is 22.4 Å². The fraction of sp³-hybridized carbons (Fsp3) is 0.286. The minimum atomic E-state index is -3.10. The number of aliphatic hydroxyl groups excluding tert-OH is 1. The molecule has 1 heterocycles. The summed E-state index contributed by atoms with van der Waals surface area (Å²) in [6, 6.07) is 31.6. The molecular weight excluding hydrogens is 588 g/mol. The van der Waals surface area contributed by atoms with E-state index < -0.39 is 28.8 Å². The number of methoxy groups -OCH3 is 1. The van der Waals surface area contributed by atoms with Crippen LogP contribution >= 0.6 is 10.8 Å². The van der Waals surface area contributed by atoms with E-state index in [-0.39, 0.29) is 23.8 Å². The Labute approximate surface area is 266 Å². The summed E-state index contributed by atoms with van der Waals surface area (Å²) in [5.74, 6) is 0.660. The molecule has 3 atom stereocenters. The Kier molecular flexibility index (Phi) is 10.6. The lowest BCUT2D eigenvalue weighted by Gasteiger charge is -2.50. The fourth-order valence-corrected chi connectivity index (χ4v) is 7.38. The second-order valence-electron chi connectivity index (χ2n) is 11.4. The molecular formula is C35H42N4O5S. The number of nitrogens with two attached hydrogens (primary N) is 1. The van der Waals surface area contributed by atoms with E-state index in [1.54, 1.807) is 29.6 Å². The summed E-state index contributed by atoms with van der Waals surface area (Å²) in [5.41, 5.74) is 10.4. The Balaban J connectivity index is 1.32. The number of nitrogen functional groups attached to an aromatic ring is 1. The summed E-state index contributed by atoms with van der Waals surface area (Å²) in [6.45, 7) is 1.14. The topological polar surface area (TPSA) is 140 Å². The van der Waals surface area contributed by atoms with Crippen LogP contribution in [0, 0.1) is 0 Å². The number of amides is 1. The molecule has 45 heavy (non-hydrogen) atoms. The number of anilines is 2. The van der Waals surface area contributed by atoms with Crippen molar-refractivity contribution in [2.24, 2.45) is 0 Å². The average Bonchev–Trinajstić information content (AvgIpc) is 3.05. The van der Waals surface area contributed by atoms with Gasteiger partial charge in [-0.3, -0.25) is 18.2 Å². The molecule has 1 aliphatic heterocycles. The van der Waals surface area contributed by atoms with Crippen molar-refractivity contribution < 1.29 is 23.7 Å². The molecule has 4 aromatic rings. The van der Waals surface area contributed by atoms with Crippen LogP contribution in [0.5, 0.6) is 5.75 Å². The molecule has 238 valence electrons. The molecule has 5 rings (SSSR count). The van der Waals surface area contributed by atoms with Gasteiger partial charge in [-0.25, -0.2) is 0 Å². The molecule has 1 aliphatic rings. The van der Waals surface area contributed by atoms with Crippen LogP contribution in [-0.2, 0) is 13.0 Å². The molecule has 0 radical (unpaired) electrons. The zero-order valence-corrected chi connectivity index (χ0v) is 26.2. The van der Waals surface area contributed by atoms with Crippen LogP contribution in [0.15, 0.2) is 103 Å². The standard InChI is InChI=1S/C35H42N4O5S/c1-44-32-14-8-11-26(17-32)22-37-23-34(40)33(18-25-9-4-2-5-10-25)38-35(41)29-19-30(36)21-31(20-29)39-24-28(15-16-45(39,42)43)27-12-6-3-7-13-27/h2-14,17,19-21,28,33-34,37,40,42-43H,15-16,18,22-24,36H2,1H3,(H,38,41)/t28?,33-,34-/m0/s1. The SMILES string of the molecule is COc1cccc(CNC[C@H](O)[C@H](Cc2ccccc2)NC(=O)c2cc(N)cc(N3CC(c4ccccc4)CCS3(O)O)c2)c1. The van der Waals surface area contributed by atoms with E-state index in [0.29, 0.717) is 37.3 Å². The van der Waals surface area contributed by atoms with Crippen molar-refractivity contribution in [3.63, 3.8) is 0 Å². The molecule has 1 fully saturated rings. The highest BCUT2D eigenvalue weighted by atomic mass is 32.3. The largest absolute Gasteiger partial charge is 0.497 e. The number of nitrogens with one attached hydrogen (secondary N) is 2. The van der Waals surface area contributed by atoms with Gasteiger partial charge in [0.1, 0.15) is 5.75 Å². The highest BCUT2D eigenvalue weighted by Crippen LogP contribution is 2.52. The van der Waals surface area contributed by atoms with E-state index >= 15 is 0 Å². The number of carbonyl (C=O) groups excluding carboxylic acids is 1. The van der Waals surface area contributed by atoms with Gasteiger partial charge in [0, 0.05) is 36.8 Å². The Bertz CT molecular complexity index is 1560. The molecule has 0 bridgehead atoms. The smallest absolute Gasteiger partial charge is 0.251 e. The van der Waals surface area contributed by atoms with Crippen molar-refractivity contribution in [2.75, 3.05) is 36.0 Å². The molecule has 0 aromatic heterocycles. The highest BCUT2D eigenvalue weighted by Gasteiger charge is 2.33. The van der Waals surface area contributed by atoms with Crippen LogP contribution in [0.4, 0.5) is 11.4 Å². The third-order valence-electron chi connectivity index (χ3n) is 8.14. The van der Waals surface area contributed by atoms with Gasteiger partial charge in [0.05, 0.1) is 30.7 Å². The number of hydrogen-bond donors (Lipinski definition) is 6. The van der Waals surface area contributed by atoms with Crippen molar-refractivity contribution >= 4 is 28.1 Å². The first-order valence-electron chi connectivity index (χ1n) is 15.1. The van der Waals surface area contributed by atoms with Gasteiger partial charge in [0.15, 0.2) is 0 Å². The van der Waals surface area contributed by atoms with Crippen LogP contribution in [-0.4, -0.2) is 58.2 Å². The zero-order chi connectivity index (χ0) is 31.8. The third-order valence-corrected chi connectivity index (χ3v) is 9.99. The zero-order valence-electron chi connectivity index (χ0n) is 25.4. The number of nitrogens with zero attached hydrogens (tertiary/aromatic N) is 1. The van der Waals surface area contributed by atoms with Gasteiger partial charge in [-0.1, -0.05) is 72.8 Å². The Hall–Kier alpha value is -4.06. The van der Waals surface area contributed by atoms with Crippen LogP contribution in [0.2, 0.25) is 0 Å². The number of benzene rings is 4. The van der Waals surface area contributed by atoms with Gasteiger partial charge in [0.25, 0.3) is 5.91 Å². The Morgan fingerprint density at radius 3 is 2.42 bits per heavy atom. The molecule has 1 unspecified atom stereocenters. The summed E-state index contributed by atoms with van der Waals surface area (Å²) in [4.78, 5) is 13.7. The number of carbonyl (C=O) groups is 1. The first kappa shape index (κ1) is 32.3. The first-order chi connectivity index (χ1) is 21.7. The second-order valence-corrected chi connectivity index (χ2v) is 13.5. The lowest BCUT2D eigenvalue weighted by molar-refractivity contribution is 0.0830. The van der Waals surface area contributed by atoms with Gasteiger partial charge in [-0.15, -0.1) is 10.8 Å². The second kappa shape index (κ2) is 14.8. The molecule has 7 N–H and O–H groups in total. The molecule has 0 spiro atoms. The summed E-state index contributed by atoms with van der Waals surface area (Å²) < 4.78 is 28.9. The van der Waals surface area contributed by atoms with Gasteiger partial charge < -0.3 is 26.2 Å². The van der Waals surface area contributed by atoms with E-state index in [9.17, 15) is 19.0 Å². The molecule has 0 aliphatic carbocycles. The predicted octanol–water partition coefficient (Wildman–Crippen LogP) is 5.43. The van der Waals surface area contributed by atoms with Gasteiger partial charge in [0.2, 0.25) is 0 Å². The fourth-order valence-electron chi connectivity index (χ4n) is 5.69. The summed E-state index contributed by atoms with van der Waals surface area (Å²) in [7, 11) is -1.48. The van der Waals surface area contributed by atoms with Gasteiger partial charge >= 0.3 is 0 Å². The van der Waals surface area contributed by atoms with Gasteiger partial charge in [-0.2, -0.15) is 0 Å². The molecule has 0 saturated carbocycles. The quantitative estimate of drug-likeness (QED) is 0.114. The Morgan fingerprint density at radius 2 is 1.69 bits per heavy atom. The number of hydrogen-bond acceptors (Lipinski definition) is 8. The van der Waals surface area contributed by atoms with Crippen LogP contribution in [0.3, 0.4) is 0 Å². The van der Waals surface area contributed by atoms with E-state index in [1.165, 1.54) is 0 Å². The van der Waals surface area contributed by atoms with Crippen molar-refractivity contribution in [3.05, 3.63) is 125 Å². The summed E-state index contributed by atoms with van der Waals surface area (Å²) >= 11 is 0. The highest BCUT2D eigenvalue weighted by molar-refractivity contribution is 8.25. The average molecular weight is 631 g/mol. The lowest BCUT2D eigenvalue weighted by Crippen LogP contribution is -2.48. The van der Waals surface area contributed by atoms with E-state index in [1.807, 2.05) is 84.9 Å². The van der Waals surface area contributed by atoms with Crippen molar-refractivity contribution in [3.8, 4) is 5.75 Å². The molecule has 1 amide bonds. The molecule has 4 aromatic carbocycles. The van der Waals surface area contributed by atoms with Crippen molar-refractivity contribution in [1.82, 2.24) is 10.6 Å². The minimum Gasteiger partial charge on any atom is -0.497 e. The normalized spacial score (nSPS) is 18.0. The minimum absolute atomic E-state index is 0.0969. The number of rotatable bonds is 12. The summed E-state index contributed by atoms with van der Waals surface area (Å²) in [5, 5.41) is 17.6. The van der Waals surface area contributed by atoms with Crippen molar-refractivity contribution in [2.45, 2.75) is 37.5 Å². The van der Waals surface area contributed by atoms with Crippen LogP contribution in [0.25, 0.3) is 0 Å². The lowest BCUT2D eigenvalue weighted by atomic mass is 9.96. The molecule has 10 heteroatoms. The molecule has 1 saturated heterocycles. The van der Waals surface area contributed by atoms with Crippen molar-refractivity contribution in [1.29, 1.82) is 0 Å². The van der Waals surface area contributed by atoms with E-state index in [4.69, 9.17) is 10.5 Å². The third kappa shape index (κ3) is 8.56. The van der Waals surface area contributed by atoms with Crippen LogP contribution < -0.4 is 25.4 Å². The van der Waals surface area contributed by atoms with Gasteiger partial charge in [-0.05, 0) is 59.9 Å². The number of ether oxygens (including phenoxy) is 1. The summed E-state index contributed by atoms with van der Waals surface area (Å²) in [6.07, 6.45) is 0.152.